The number of ether oxygens (including phenoxy) is 2. The number of carbonyl (C=O) groups is 2. The van der Waals surface area contributed by atoms with E-state index in [2.05, 4.69) is 5.32 Å². The molecule has 3 aliphatic rings. The molecule has 3 aliphatic heterocycles. The molecule has 2 amide bonds. The number of amides is 2. The summed E-state index contributed by atoms with van der Waals surface area (Å²) in [6.45, 7) is 5.96. The molecule has 1 N–H and O–H groups in total. The van der Waals surface area contributed by atoms with Crippen molar-refractivity contribution < 1.29 is 19.1 Å². The van der Waals surface area contributed by atoms with Crippen LogP contribution in [-0.2, 0) is 14.3 Å². The number of rotatable bonds is 6. The summed E-state index contributed by atoms with van der Waals surface area (Å²) in [5.41, 5.74) is -0.212. The highest BCUT2D eigenvalue weighted by Crippen LogP contribution is 2.54. The third-order valence-electron chi connectivity index (χ3n) is 5.92. The summed E-state index contributed by atoms with van der Waals surface area (Å²) >= 11 is 1.45. The molecule has 4 heterocycles. The van der Waals surface area contributed by atoms with Gasteiger partial charge in [0.2, 0.25) is 5.91 Å². The van der Waals surface area contributed by atoms with Crippen molar-refractivity contribution in [1.29, 1.82) is 0 Å². The van der Waals surface area contributed by atoms with Crippen LogP contribution in [0.25, 0.3) is 0 Å². The van der Waals surface area contributed by atoms with E-state index in [0.717, 1.165) is 17.7 Å². The van der Waals surface area contributed by atoms with E-state index in [4.69, 9.17) is 9.47 Å². The van der Waals surface area contributed by atoms with Gasteiger partial charge in [-0.15, -0.1) is 11.3 Å². The molecule has 4 rings (SSSR count). The van der Waals surface area contributed by atoms with Crippen LogP contribution in [0.2, 0.25) is 0 Å². The molecule has 0 aromatic carbocycles. The molecule has 3 saturated heterocycles. The molecule has 3 fully saturated rings. The Labute approximate surface area is 157 Å². The fourth-order valence-electron chi connectivity index (χ4n) is 4.69. The van der Waals surface area contributed by atoms with Gasteiger partial charge in [-0.1, -0.05) is 6.07 Å². The van der Waals surface area contributed by atoms with Gasteiger partial charge in [-0.05, 0) is 38.1 Å². The van der Waals surface area contributed by atoms with Crippen LogP contribution in [-0.4, -0.2) is 60.8 Å². The Balaban J connectivity index is 1.38. The Hall–Kier alpha value is -1.44. The van der Waals surface area contributed by atoms with Gasteiger partial charge in [-0.2, -0.15) is 0 Å². The number of hydrogen-bond donors (Lipinski definition) is 1. The highest BCUT2D eigenvalue weighted by atomic mass is 32.1. The first kappa shape index (κ1) is 17.9. The summed E-state index contributed by atoms with van der Waals surface area (Å²) in [5, 5.41) is 4.98. The van der Waals surface area contributed by atoms with Gasteiger partial charge in [-0.25, -0.2) is 0 Å². The van der Waals surface area contributed by atoms with Crippen molar-refractivity contribution >= 4 is 23.2 Å². The average molecular weight is 378 g/mol. The number of carbonyl (C=O) groups excluding carboxylic acids is 2. The summed E-state index contributed by atoms with van der Waals surface area (Å²) in [6, 6.07) is 3.72. The molecule has 7 heteroatoms. The molecular formula is C19H26N2O4S. The Bertz CT molecular complexity index is 677. The number of thiophene rings is 1. The van der Waals surface area contributed by atoms with Crippen LogP contribution >= 0.6 is 11.3 Å². The number of fused-ring (bicyclic) bond motifs is 1. The molecule has 1 aromatic heterocycles. The van der Waals surface area contributed by atoms with E-state index < -0.39 is 0 Å². The van der Waals surface area contributed by atoms with Crippen molar-refractivity contribution in [3.8, 4) is 0 Å². The molecule has 142 valence electrons. The third kappa shape index (κ3) is 3.17. The largest absolute Gasteiger partial charge is 0.369 e. The van der Waals surface area contributed by atoms with Crippen molar-refractivity contribution in [3.05, 3.63) is 22.4 Å². The smallest absolute Gasteiger partial charge is 0.261 e. The van der Waals surface area contributed by atoms with Crippen LogP contribution in [0.1, 0.15) is 36.4 Å². The number of hydrogen-bond acceptors (Lipinski definition) is 5. The van der Waals surface area contributed by atoms with Crippen molar-refractivity contribution in [2.24, 2.45) is 11.8 Å². The zero-order valence-electron chi connectivity index (χ0n) is 15.3. The molecule has 6 nitrogen and oxygen atoms in total. The zero-order valence-corrected chi connectivity index (χ0v) is 16.1. The lowest BCUT2D eigenvalue weighted by Gasteiger charge is -2.29. The van der Waals surface area contributed by atoms with Gasteiger partial charge in [-0.3, -0.25) is 9.59 Å². The minimum absolute atomic E-state index is 0.0203. The van der Waals surface area contributed by atoms with Crippen LogP contribution in [0.5, 0.6) is 0 Å². The van der Waals surface area contributed by atoms with Crippen LogP contribution in [0.4, 0.5) is 0 Å². The standard InChI is InChI=1S/C19H26N2O4S/c1-12(2)24-10-17(22)21-9-14-13(15-5-6-19(14,11-21)25-15)8-20-18(23)16-4-3-7-26-16/h3-4,7,12-15H,5-6,8-11H2,1-2H3,(H,20,23)/t13-,14+,15+,19+/m0/s1. The van der Waals surface area contributed by atoms with Crippen molar-refractivity contribution in [3.63, 3.8) is 0 Å². The number of likely N-dealkylation sites (tertiary alicyclic amines) is 1. The van der Waals surface area contributed by atoms with Gasteiger partial charge in [0, 0.05) is 24.9 Å². The SMILES string of the molecule is CC(C)OCC(=O)N1C[C@@H]2[C@H](CNC(=O)c3cccs3)[C@H]3CC[C@]2(C1)O3. The van der Waals surface area contributed by atoms with Crippen molar-refractivity contribution in [1.82, 2.24) is 10.2 Å². The fourth-order valence-corrected chi connectivity index (χ4v) is 5.33. The first-order valence-corrected chi connectivity index (χ1v) is 10.3. The maximum Gasteiger partial charge on any atom is 0.261 e. The molecule has 4 atom stereocenters. The monoisotopic (exact) mass is 378 g/mol. The second-order valence-corrected chi connectivity index (χ2v) is 8.80. The van der Waals surface area contributed by atoms with Gasteiger partial charge in [0.15, 0.2) is 0 Å². The van der Waals surface area contributed by atoms with Crippen LogP contribution in [0.3, 0.4) is 0 Å². The minimum Gasteiger partial charge on any atom is -0.369 e. The molecular weight excluding hydrogens is 352 g/mol. The lowest BCUT2D eigenvalue weighted by Crippen LogP contribution is -2.41. The normalized spacial score (nSPS) is 32.3. The zero-order chi connectivity index (χ0) is 18.3. The van der Waals surface area contributed by atoms with E-state index in [0.29, 0.717) is 25.6 Å². The third-order valence-corrected chi connectivity index (χ3v) is 6.79. The maximum atomic E-state index is 12.5. The van der Waals surface area contributed by atoms with E-state index in [1.165, 1.54) is 11.3 Å². The van der Waals surface area contributed by atoms with Gasteiger partial charge >= 0.3 is 0 Å². The predicted octanol–water partition coefficient (Wildman–Crippen LogP) is 1.91. The van der Waals surface area contributed by atoms with Gasteiger partial charge in [0.1, 0.15) is 6.61 Å². The molecule has 0 radical (unpaired) electrons. The first-order chi connectivity index (χ1) is 12.5. The Morgan fingerprint density at radius 3 is 3.08 bits per heavy atom. The van der Waals surface area contributed by atoms with E-state index >= 15 is 0 Å². The second-order valence-electron chi connectivity index (χ2n) is 7.85. The van der Waals surface area contributed by atoms with E-state index in [-0.39, 0.29) is 42.1 Å². The Kier molecular flexibility index (Phi) is 4.79. The van der Waals surface area contributed by atoms with Gasteiger partial charge in [0.05, 0.1) is 29.2 Å². The highest BCUT2D eigenvalue weighted by molar-refractivity contribution is 7.12. The van der Waals surface area contributed by atoms with Gasteiger partial charge in [0.25, 0.3) is 5.91 Å². The molecule has 0 aliphatic carbocycles. The van der Waals surface area contributed by atoms with Crippen LogP contribution in [0.15, 0.2) is 17.5 Å². The average Bonchev–Trinajstić information content (AvgIpc) is 3.37. The summed E-state index contributed by atoms with van der Waals surface area (Å²) in [7, 11) is 0. The highest BCUT2D eigenvalue weighted by Gasteiger charge is 2.63. The summed E-state index contributed by atoms with van der Waals surface area (Å²) < 4.78 is 11.8. The quantitative estimate of drug-likeness (QED) is 0.821. The first-order valence-electron chi connectivity index (χ1n) is 9.37. The van der Waals surface area contributed by atoms with E-state index in [9.17, 15) is 9.59 Å². The van der Waals surface area contributed by atoms with E-state index in [1.54, 1.807) is 0 Å². The number of nitrogens with one attached hydrogen (secondary N) is 1. The van der Waals surface area contributed by atoms with Gasteiger partial charge < -0.3 is 19.7 Å². The molecule has 0 unspecified atom stereocenters. The van der Waals surface area contributed by atoms with Crippen molar-refractivity contribution in [2.75, 3.05) is 26.2 Å². The molecule has 2 bridgehead atoms. The lowest BCUT2D eigenvalue weighted by molar-refractivity contribution is -0.138. The lowest BCUT2D eigenvalue weighted by atomic mass is 9.73. The maximum absolute atomic E-state index is 12.5. The van der Waals surface area contributed by atoms with E-state index in [1.807, 2.05) is 36.3 Å². The summed E-state index contributed by atoms with van der Waals surface area (Å²) in [6.07, 6.45) is 2.27. The molecule has 26 heavy (non-hydrogen) atoms. The Morgan fingerprint density at radius 1 is 1.50 bits per heavy atom. The van der Waals surface area contributed by atoms with Crippen LogP contribution < -0.4 is 5.32 Å². The van der Waals surface area contributed by atoms with Crippen molar-refractivity contribution in [2.45, 2.75) is 44.5 Å². The summed E-state index contributed by atoms with van der Waals surface area (Å²) in [5.74, 6) is 0.591. The van der Waals surface area contributed by atoms with Crippen LogP contribution in [0, 0.1) is 11.8 Å². The molecule has 1 aromatic rings. The predicted molar refractivity (Wildman–Crippen MR) is 98.1 cm³/mol. The Morgan fingerprint density at radius 2 is 2.35 bits per heavy atom. The molecule has 1 spiro atoms. The second kappa shape index (κ2) is 6.94. The summed E-state index contributed by atoms with van der Waals surface area (Å²) in [4.78, 5) is 27.3. The topological polar surface area (TPSA) is 67.9 Å². The minimum atomic E-state index is -0.212. The fraction of sp³-hybridized carbons (Fsp3) is 0.684. The number of nitrogens with zero attached hydrogens (tertiary/aromatic N) is 1. The molecule has 0 saturated carbocycles.